The van der Waals surface area contributed by atoms with Gasteiger partial charge in [-0.15, -0.1) is 0 Å². The van der Waals surface area contributed by atoms with Crippen LogP contribution in [0, 0.1) is 0 Å². The average molecular weight is 416 g/mol. The number of hydrogen-bond acceptors (Lipinski definition) is 3. The SMILES string of the molecule is C=C/C(=C\C(=C/C)CCC)CO/C(C=C)=C/C(=C\C)OCc1ccc2ccccc2n1. The Bertz CT molecular complexity index is 1010. The molecule has 1 aromatic heterocycles. The molecule has 0 unspecified atom stereocenters. The third-order valence-corrected chi connectivity index (χ3v) is 4.76. The van der Waals surface area contributed by atoms with E-state index in [4.69, 9.17) is 9.47 Å². The molecule has 0 fully saturated rings. The summed E-state index contributed by atoms with van der Waals surface area (Å²) < 4.78 is 11.9. The fourth-order valence-electron chi connectivity index (χ4n) is 3.01. The van der Waals surface area contributed by atoms with Crippen molar-refractivity contribution in [1.82, 2.24) is 4.98 Å². The van der Waals surface area contributed by atoms with Crippen molar-refractivity contribution in [3.63, 3.8) is 0 Å². The summed E-state index contributed by atoms with van der Waals surface area (Å²) in [7, 11) is 0. The molecule has 0 aliphatic carbocycles. The molecule has 1 aromatic carbocycles. The van der Waals surface area contributed by atoms with Gasteiger partial charge in [-0.2, -0.15) is 0 Å². The molecule has 162 valence electrons. The summed E-state index contributed by atoms with van der Waals surface area (Å²) in [5.74, 6) is 1.35. The molecule has 0 atom stereocenters. The molecule has 0 N–H and O–H groups in total. The molecular weight excluding hydrogens is 382 g/mol. The van der Waals surface area contributed by atoms with Crippen LogP contribution in [0.15, 0.2) is 109 Å². The van der Waals surface area contributed by atoms with Gasteiger partial charge in [0.15, 0.2) is 0 Å². The highest BCUT2D eigenvalue weighted by molar-refractivity contribution is 5.78. The third-order valence-electron chi connectivity index (χ3n) is 4.76. The topological polar surface area (TPSA) is 31.4 Å². The van der Waals surface area contributed by atoms with Gasteiger partial charge in [0.05, 0.1) is 11.2 Å². The van der Waals surface area contributed by atoms with Gasteiger partial charge in [-0.3, -0.25) is 0 Å². The molecule has 3 heteroatoms. The molecular formula is C28H33NO2. The van der Waals surface area contributed by atoms with Crippen molar-refractivity contribution in [1.29, 1.82) is 0 Å². The normalized spacial score (nSPS) is 13.3. The summed E-state index contributed by atoms with van der Waals surface area (Å²) in [5.41, 5.74) is 4.14. The maximum atomic E-state index is 5.96. The Kier molecular flexibility index (Phi) is 10.1. The number of benzene rings is 1. The van der Waals surface area contributed by atoms with Crippen molar-refractivity contribution >= 4 is 10.9 Å². The van der Waals surface area contributed by atoms with Gasteiger partial charge in [0.25, 0.3) is 0 Å². The minimum absolute atomic E-state index is 0.380. The smallest absolute Gasteiger partial charge is 0.130 e. The van der Waals surface area contributed by atoms with Crippen molar-refractivity contribution in [3.8, 4) is 0 Å². The third kappa shape index (κ3) is 7.78. The fourth-order valence-corrected chi connectivity index (χ4v) is 3.01. The van der Waals surface area contributed by atoms with Gasteiger partial charge >= 0.3 is 0 Å². The van der Waals surface area contributed by atoms with E-state index in [1.807, 2.05) is 55.5 Å². The monoisotopic (exact) mass is 415 g/mol. The molecule has 0 aliphatic heterocycles. The number of rotatable bonds is 12. The van der Waals surface area contributed by atoms with E-state index in [2.05, 4.69) is 50.2 Å². The fraction of sp³-hybridized carbons (Fsp3) is 0.250. The molecule has 0 spiro atoms. The van der Waals surface area contributed by atoms with E-state index in [1.54, 1.807) is 6.08 Å². The predicted octanol–water partition coefficient (Wildman–Crippen LogP) is 7.60. The molecule has 0 amide bonds. The Morgan fingerprint density at radius 1 is 0.903 bits per heavy atom. The predicted molar refractivity (Wildman–Crippen MR) is 131 cm³/mol. The second-order valence-corrected chi connectivity index (χ2v) is 7.05. The van der Waals surface area contributed by atoms with Crippen molar-refractivity contribution in [3.05, 3.63) is 114 Å². The number of allylic oxidation sites excluding steroid dienone is 6. The molecule has 2 rings (SSSR count). The van der Waals surface area contributed by atoms with Crippen LogP contribution in [0.4, 0.5) is 0 Å². The van der Waals surface area contributed by atoms with Crippen LogP contribution >= 0.6 is 0 Å². The molecule has 31 heavy (non-hydrogen) atoms. The second-order valence-electron chi connectivity index (χ2n) is 7.05. The number of hydrogen-bond donors (Lipinski definition) is 0. The highest BCUT2D eigenvalue weighted by Gasteiger charge is 2.03. The van der Waals surface area contributed by atoms with Crippen LogP contribution in [0.2, 0.25) is 0 Å². The Balaban J connectivity index is 2.02. The Hall–Kier alpha value is -3.33. The van der Waals surface area contributed by atoms with E-state index >= 15 is 0 Å². The lowest BCUT2D eigenvalue weighted by molar-refractivity contribution is 0.201. The van der Waals surface area contributed by atoms with Crippen molar-refractivity contribution in [2.75, 3.05) is 6.61 Å². The van der Waals surface area contributed by atoms with Crippen LogP contribution in [0.5, 0.6) is 0 Å². The molecule has 0 saturated carbocycles. The lowest BCUT2D eigenvalue weighted by Gasteiger charge is -2.11. The van der Waals surface area contributed by atoms with Crippen LogP contribution in [-0.2, 0) is 16.1 Å². The summed E-state index contributed by atoms with van der Waals surface area (Å²) in [5, 5.41) is 1.12. The minimum atomic E-state index is 0.380. The second kappa shape index (κ2) is 13.1. The number of aromatic nitrogens is 1. The highest BCUT2D eigenvalue weighted by Crippen LogP contribution is 2.16. The van der Waals surface area contributed by atoms with Gasteiger partial charge in [-0.05, 0) is 50.1 Å². The van der Waals surface area contributed by atoms with Crippen molar-refractivity contribution in [2.45, 2.75) is 40.2 Å². The first-order chi connectivity index (χ1) is 15.1. The standard InChI is InChI=1S/C28H33NO2/c1-6-13-22(7-2)18-23(8-3)20-30-26(9-4)19-27(10-5)31-21-25-17-16-24-14-11-12-15-28(24)29-25/h7-12,14-19H,3-4,6,13,20-21H2,1-2,5H3/b22-7-,23-18+,26-19+,27-10+. The van der Waals surface area contributed by atoms with E-state index in [0.717, 1.165) is 35.0 Å². The van der Waals surface area contributed by atoms with Gasteiger partial charge in [-0.1, -0.05) is 74.6 Å². The summed E-state index contributed by atoms with van der Waals surface area (Å²) >= 11 is 0. The van der Waals surface area contributed by atoms with Crippen molar-refractivity contribution in [2.24, 2.45) is 0 Å². The van der Waals surface area contributed by atoms with E-state index in [1.165, 1.54) is 5.57 Å². The first-order valence-electron chi connectivity index (χ1n) is 10.7. The van der Waals surface area contributed by atoms with Crippen LogP contribution in [0.3, 0.4) is 0 Å². The van der Waals surface area contributed by atoms with Crippen LogP contribution in [0.1, 0.15) is 39.3 Å². The maximum absolute atomic E-state index is 5.96. The maximum Gasteiger partial charge on any atom is 0.130 e. The first-order valence-corrected chi connectivity index (χ1v) is 10.7. The molecule has 1 heterocycles. The molecule has 3 nitrogen and oxygen atoms in total. The Morgan fingerprint density at radius 2 is 1.71 bits per heavy atom. The zero-order valence-corrected chi connectivity index (χ0v) is 18.9. The van der Waals surface area contributed by atoms with Crippen LogP contribution < -0.4 is 0 Å². The number of para-hydroxylation sites is 1. The summed E-state index contributed by atoms with van der Waals surface area (Å²) in [6.07, 6.45) is 13.7. The Morgan fingerprint density at radius 3 is 2.39 bits per heavy atom. The van der Waals surface area contributed by atoms with Crippen LogP contribution in [-0.4, -0.2) is 11.6 Å². The number of nitrogens with zero attached hydrogens (tertiary/aromatic N) is 1. The number of fused-ring (bicyclic) bond motifs is 1. The zero-order chi connectivity index (χ0) is 22.5. The van der Waals surface area contributed by atoms with Gasteiger partial charge in [-0.25, -0.2) is 4.98 Å². The van der Waals surface area contributed by atoms with E-state index in [-0.39, 0.29) is 0 Å². The van der Waals surface area contributed by atoms with E-state index < -0.39 is 0 Å². The average Bonchev–Trinajstić information content (AvgIpc) is 2.81. The zero-order valence-electron chi connectivity index (χ0n) is 18.9. The Labute approximate surface area is 186 Å². The quantitative estimate of drug-likeness (QED) is 0.264. The molecule has 0 radical (unpaired) electrons. The first kappa shape index (κ1) is 23.9. The lowest BCUT2D eigenvalue weighted by atomic mass is 10.1. The van der Waals surface area contributed by atoms with Crippen LogP contribution in [0.25, 0.3) is 10.9 Å². The lowest BCUT2D eigenvalue weighted by Crippen LogP contribution is -1.99. The number of pyridine rings is 1. The van der Waals surface area contributed by atoms with Gasteiger partial charge in [0.2, 0.25) is 0 Å². The summed E-state index contributed by atoms with van der Waals surface area (Å²) in [4.78, 5) is 4.65. The van der Waals surface area contributed by atoms with Gasteiger partial charge < -0.3 is 9.47 Å². The summed E-state index contributed by atoms with van der Waals surface area (Å²) in [6, 6.07) is 12.1. The van der Waals surface area contributed by atoms with E-state index in [0.29, 0.717) is 24.7 Å². The van der Waals surface area contributed by atoms with E-state index in [9.17, 15) is 0 Å². The largest absolute Gasteiger partial charge is 0.489 e. The molecule has 0 aliphatic rings. The molecule has 2 aromatic rings. The highest BCUT2D eigenvalue weighted by atomic mass is 16.5. The minimum Gasteiger partial charge on any atom is -0.489 e. The number of ether oxygens (including phenoxy) is 2. The molecule has 0 saturated heterocycles. The van der Waals surface area contributed by atoms with Gasteiger partial charge in [0, 0.05) is 11.5 Å². The molecule has 0 bridgehead atoms. The van der Waals surface area contributed by atoms with Gasteiger partial charge in [0.1, 0.15) is 24.7 Å². The summed E-state index contributed by atoms with van der Waals surface area (Å²) in [6.45, 7) is 14.7. The van der Waals surface area contributed by atoms with Crippen molar-refractivity contribution < 1.29 is 9.47 Å².